The molecule has 2 nitrogen and oxygen atoms in total. The summed E-state index contributed by atoms with van der Waals surface area (Å²) in [6, 6.07) is 6.77. The molecule has 1 rings (SSSR count). The molecule has 1 aromatic rings. The second-order valence-corrected chi connectivity index (χ2v) is 6.34. The van der Waals surface area contributed by atoms with Crippen molar-refractivity contribution in [1.29, 1.82) is 0 Å². The Kier molecular flexibility index (Phi) is 4.94. The van der Waals surface area contributed by atoms with E-state index in [0.29, 0.717) is 24.9 Å². The van der Waals surface area contributed by atoms with E-state index in [1.807, 2.05) is 0 Å². The van der Waals surface area contributed by atoms with Crippen molar-refractivity contribution >= 4 is 0 Å². The van der Waals surface area contributed by atoms with Gasteiger partial charge < -0.3 is 11.5 Å². The highest BCUT2D eigenvalue weighted by Gasteiger charge is 2.20. The molecule has 0 radical (unpaired) electrons. The van der Waals surface area contributed by atoms with Gasteiger partial charge >= 0.3 is 0 Å². The summed E-state index contributed by atoms with van der Waals surface area (Å²) in [7, 11) is 0. The van der Waals surface area contributed by atoms with Crippen molar-refractivity contribution < 1.29 is 0 Å². The smallest absolute Gasteiger partial charge is 0.00310 e. The quantitative estimate of drug-likeness (QED) is 0.860. The third-order valence-corrected chi connectivity index (χ3v) is 3.91. The van der Waals surface area contributed by atoms with Crippen LogP contribution >= 0.6 is 0 Å². The van der Waals surface area contributed by atoms with Crippen LogP contribution in [-0.2, 0) is 5.41 Å². The molecule has 0 aliphatic rings. The standard InChI is InChI=1S/C16H28N2/c1-11-6-7-13(8-15(11)16(3,4)5)12(2)14(9-17)10-18/h6-8,12,14H,9-10,17-18H2,1-5H3. The van der Waals surface area contributed by atoms with E-state index >= 15 is 0 Å². The maximum atomic E-state index is 5.80. The van der Waals surface area contributed by atoms with Gasteiger partial charge in [-0.25, -0.2) is 0 Å². The minimum atomic E-state index is 0.181. The highest BCUT2D eigenvalue weighted by atomic mass is 14.6. The Labute approximate surface area is 112 Å². The maximum Gasteiger partial charge on any atom is -0.00310 e. The molecule has 102 valence electrons. The van der Waals surface area contributed by atoms with Crippen LogP contribution in [-0.4, -0.2) is 13.1 Å². The lowest BCUT2D eigenvalue weighted by Crippen LogP contribution is -2.28. The van der Waals surface area contributed by atoms with E-state index in [4.69, 9.17) is 11.5 Å². The molecule has 0 saturated heterocycles. The van der Waals surface area contributed by atoms with Gasteiger partial charge in [-0.15, -0.1) is 0 Å². The second-order valence-electron chi connectivity index (χ2n) is 6.34. The van der Waals surface area contributed by atoms with E-state index in [-0.39, 0.29) is 5.41 Å². The van der Waals surface area contributed by atoms with Crippen LogP contribution in [0.5, 0.6) is 0 Å². The average Bonchev–Trinajstić information content (AvgIpc) is 2.29. The largest absolute Gasteiger partial charge is 0.330 e. The Morgan fingerprint density at radius 2 is 1.67 bits per heavy atom. The van der Waals surface area contributed by atoms with E-state index in [9.17, 15) is 0 Å². The third kappa shape index (κ3) is 3.33. The lowest BCUT2D eigenvalue weighted by atomic mass is 9.80. The zero-order chi connectivity index (χ0) is 13.9. The Hall–Kier alpha value is -0.860. The number of hydrogen-bond acceptors (Lipinski definition) is 2. The Morgan fingerprint density at radius 3 is 2.11 bits per heavy atom. The van der Waals surface area contributed by atoms with Crippen molar-refractivity contribution in [3.63, 3.8) is 0 Å². The molecule has 0 heterocycles. The van der Waals surface area contributed by atoms with Gasteiger partial charge in [0, 0.05) is 0 Å². The van der Waals surface area contributed by atoms with Gasteiger partial charge in [0.2, 0.25) is 0 Å². The van der Waals surface area contributed by atoms with Crippen LogP contribution < -0.4 is 11.5 Å². The van der Waals surface area contributed by atoms with Crippen LogP contribution in [0.25, 0.3) is 0 Å². The van der Waals surface area contributed by atoms with E-state index in [2.05, 4.69) is 52.8 Å². The van der Waals surface area contributed by atoms with Crippen LogP contribution in [0, 0.1) is 12.8 Å². The van der Waals surface area contributed by atoms with Gasteiger partial charge in [-0.2, -0.15) is 0 Å². The summed E-state index contributed by atoms with van der Waals surface area (Å²) in [6.45, 7) is 12.5. The average molecular weight is 248 g/mol. The molecular formula is C16H28N2. The molecule has 0 saturated carbocycles. The molecule has 18 heavy (non-hydrogen) atoms. The number of aryl methyl sites for hydroxylation is 1. The van der Waals surface area contributed by atoms with Gasteiger partial charge in [0.15, 0.2) is 0 Å². The second kappa shape index (κ2) is 5.85. The van der Waals surface area contributed by atoms with Gasteiger partial charge in [-0.1, -0.05) is 45.9 Å². The Bertz CT molecular complexity index is 387. The lowest BCUT2D eigenvalue weighted by Gasteiger charge is -2.26. The fourth-order valence-corrected chi connectivity index (χ4v) is 2.51. The zero-order valence-corrected chi connectivity index (χ0v) is 12.5. The first-order chi connectivity index (χ1) is 8.31. The monoisotopic (exact) mass is 248 g/mol. The normalized spacial score (nSPS) is 14.0. The first-order valence-electron chi connectivity index (χ1n) is 6.82. The Balaban J connectivity index is 3.12. The topological polar surface area (TPSA) is 52.0 Å². The highest BCUT2D eigenvalue weighted by Crippen LogP contribution is 2.31. The predicted molar refractivity (Wildman–Crippen MR) is 79.9 cm³/mol. The zero-order valence-electron chi connectivity index (χ0n) is 12.5. The SMILES string of the molecule is Cc1ccc(C(C)C(CN)CN)cc1C(C)(C)C. The molecule has 4 N–H and O–H groups in total. The molecule has 0 amide bonds. The number of benzene rings is 1. The molecule has 1 aromatic carbocycles. The molecule has 0 fully saturated rings. The van der Waals surface area contributed by atoms with Crippen molar-refractivity contribution in [2.75, 3.05) is 13.1 Å². The van der Waals surface area contributed by atoms with E-state index in [0.717, 1.165) is 0 Å². The van der Waals surface area contributed by atoms with Gasteiger partial charge in [-0.3, -0.25) is 0 Å². The summed E-state index contributed by atoms with van der Waals surface area (Å²) in [6.07, 6.45) is 0. The van der Waals surface area contributed by atoms with Crippen LogP contribution in [0.4, 0.5) is 0 Å². The third-order valence-electron chi connectivity index (χ3n) is 3.91. The molecule has 1 unspecified atom stereocenters. The summed E-state index contributed by atoms with van der Waals surface area (Å²) in [5.41, 5.74) is 15.9. The maximum absolute atomic E-state index is 5.80. The number of nitrogens with two attached hydrogens (primary N) is 2. The lowest BCUT2D eigenvalue weighted by molar-refractivity contribution is 0.465. The first-order valence-corrected chi connectivity index (χ1v) is 6.82. The van der Waals surface area contributed by atoms with Crippen LogP contribution in [0.1, 0.15) is 50.3 Å². The molecule has 1 atom stereocenters. The minimum Gasteiger partial charge on any atom is -0.330 e. The molecule has 0 aliphatic heterocycles. The van der Waals surface area contributed by atoms with Gasteiger partial charge in [0.1, 0.15) is 0 Å². The molecule has 2 heteroatoms. The van der Waals surface area contributed by atoms with Crippen molar-refractivity contribution in [2.24, 2.45) is 17.4 Å². The fraction of sp³-hybridized carbons (Fsp3) is 0.625. The number of hydrogen-bond donors (Lipinski definition) is 2. The van der Waals surface area contributed by atoms with Crippen molar-refractivity contribution in [3.8, 4) is 0 Å². The molecule has 0 spiro atoms. The number of rotatable bonds is 4. The molecule has 0 aliphatic carbocycles. The van der Waals surface area contributed by atoms with Gasteiger partial charge in [0.05, 0.1) is 0 Å². The summed E-state index contributed by atoms with van der Waals surface area (Å²) < 4.78 is 0. The van der Waals surface area contributed by atoms with Gasteiger partial charge in [-0.05, 0) is 54.0 Å². The Morgan fingerprint density at radius 1 is 1.11 bits per heavy atom. The van der Waals surface area contributed by atoms with E-state index in [1.54, 1.807) is 0 Å². The fourth-order valence-electron chi connectivity index (χ4n) is 2.51. The highest BCUT2D eigenvalue weighted by molar-refractivity contribution is 5.37. The minimum absolute atomic E-state index is 0.181. The molecule has 0 aromatic heterocycles. The van der Waals surface area contributed by atoms with Crippen molar-refractivity contribution in [2.45, 2.75) is 46.0 Å². The van der Waals surface area contributed by atoms with E-state index in [1.165, 1.54) is 16.7 Å². The van der Waals surface area contributed by atoms with Crippen LogP contribution in [0.2, 0.25) is 0 Å². The van der Waals surface area contributed by atoms with Gasteiger partial charge in [0.25, 0.3) is 0 Å². The summed E-state index contributed by atoms with van der Waals surface area (Å²) in [5.74, 6) is 0.780. The van der Waals surface area contributed by atoms with Crippen molar-refractivity contribution in [3.05, 3.63) is 34.9 Å². The van der Waals surface area contributed by atoms with Crippen LogP contribution in [0.3, 0.4) is 0 Å². The summed E-state index contributed by atoms with van der Waals surface area (Å²) in [4.78, 5) is 0. The first kappa shape index (κ1) is 15.2. The predicted octanol–water partition coefficient (Wildman–Crippen LogP) is 2.93. The van der Waals surface area contributed by atoms with Crippen molar-refractivity contribution in [1.82, 2.24) is 0 Å². The molecule has 0 bridgehead atoms. The summed E-state index contributed by atoms with van der Waals surface area (Å²) >= 11 is 0. The van der Waals surface area contributed by atoms with Crippen LogP contribution in [0.15, 0.2) is 18.2 Å². The molecular weight excluding hydrogens is 220 g/mol. The summed E-state index contributed by atoms with van der Waals surface area (Å²) in [5, 5.41) is 0. The van der Waals surface area contributed by atoms with E-state index < -0.39 is 0 Å².